The van der Waals surface area contributed by atoms with Gasteiger partial charge in [-0.3, -0.25) is 0 Å². The Bertz CT molecular complexity index is 601. The first-order valence-corrected chi connectivity index (χ1v) is 19.7. The average molecular weight is 549 g/mol. The van der Waals surface area contributed by atoms with Crippen LogP contribution in [0.3, 0.4) is 0 Å². The molecule has 10 heteroatoms. The van der Waals surface area contributed by atoms with Crippen molar-refractivity contribution in [3.63, 3.8) is 0 Å². The Morgan fingerprint density at radius 3 is 1.53 bits per heavy atom. The number of rotatable bonds is 15. The first-order chi connectivity index (χ1) is 17.0. The highest BCUT2D eigenvalue weighted by molar-refractivity contribution is 6.77. The SMILES string of the molecule is CCC1(COC(=O)OCC2(CC)COC2)COC1.CCC1(COCCC[Si](C)(C)O[SiH](C)C)COC1. The Hall–Kier alpha value is -0.496. The summed E-state index contributed by atoms with van der Waals surface area (Å²) in [5.74, 6) is 0. The predicted octanol–water partition coefficient (Wildman–Crippen LogP) is 5.02. The van der Waals surface area contributed by atoms with Crippen LogP contribution in [0, 0.1) is 16.2 Å². The van der Waals surface area contributed by atoms with E-state index in [4.69, 9.17) is 32.5 Å². The van der Waals surface area contributed by atoms with Gasteiger partial charge in [0.1, 0.15) is 13.2 Å². The molecule has 0 aromatic rings. The second-order valence-electron chi connectivity index (χ2n) is 11.9. The van der Waals surface area contributed by atoms with Crippen molar-refractivity contribution in [3.8, 4) is 0 Å². The van der Waals surface area contributed by atoms with Crippen LogP contribution >= 0.6 is 0 Å². The highest BCUT2D eigenvalue weighted by Crippen LogP contribution is 2.33. The van der Waals surface area contributed by atoms with Crippen LogP contribution in [0.1, 0.15) is 46.5 Å². The maximum absolute atomic E-state index is 11.5. The molecule has 3 rings (SSSR count). The lowest BCUT2D eigenvalue weighted by Crippen LogP contribution is -2.47. The average Bonchev–Trinajstić information content (AvgIpc) is 2.74. The van der Waals surface area contributed by atoms with Crippen molar-refractivity contribution in [2.24, 2.45) is 16.2 Å². The molecule has 0 unspecified atom stereocenters. The molecule has 0 bridgehead atoms. The number of carbonyl (C=O) groups is 1. The van der Waals surface area contributed by atoms with Gasteiger partial charge in [0.15, 0.2) is 17.4 Å². The summed E-state index contributed by atoms with van der Waals surface area (Å²) in [5, 5.41) is 0. The van der Waals surface area contributed by atoms with Crippen LogP contribution in [0.5, 0.6) is 0 Å². The molecule has 0 aromatic heterocycles. The molecule has 3 aliphatic rings. The van der Waals surface area contributed by atoms with Crippen LogP contribution in [-0.2, 0) is 32.5 Å². The minimum Gasteiger partial charge on any atom is -0.458 e. The molecule has 0 spiro atoms. The molecule has 3 aliphatic heterocycles. The fourth-order valence-corrected chi connectivity index (χ4v) is 11.0. The molecule has 0 N–H and O–H groups in total. The highest BCUT2D eigenvalue weighted by Gasteiger charge is 2.40. The maximum atomic E-state index is 11.5. The van der Waals surface area contributed by atoms with Crippen molar-refractivity contribution in [2.75, 3.05) is 66.1 Å². The first-order valence-electron chi connectivity index (χ1n) is 13.8. The second kappa shape index (κ2) is 14.6. The Balaban J connectivity index is 0.000000254. The van der Waals surface area contributed by atoms with Gasteiger partial charge in [-0.1, -0.05) is 20.8 Å². The molecule has 0 aromatic carbocycles. The van der Waals surface area contributed by atoms with Crippen LogP contribution in [-0.4, -0.2) is 89.6 Å². The third kappa shape index (κ3) is 10.00. The maximum Gasteiger partial charge on any atom is 0.508 e. The molecular formula is C26H52O8Si2. The molecule has 0 amide bonds. The summed E-state index contributed by atoms with van der Waals surface area (Å²) in [6, 6.07) is 1.22. The number of hydrogen-bond acceptors (Lipinski definition) is 8. The van der Waals surface area contributed by atoms with Gasteiger partial charge in [0.25, 0.3) is 0 Å². The Morgan fingerprint density at radius 1 is 0.778 bits per heavy atom. The van der Waals surface area contributed by atoms with Gasteiger partial charge in [0.05, 0.1) is 57.1 Å². The van der Waals surface area contributed by atoms with Gasteiger partial charge in [-0.25, -0.2) is 4.79 Å². The Morgan fingerprint density at radius 2 is 1.19 bits per heavy atom. The van der Waals surface area contributed by atoms with Gasteiger partial charge in [0, 0.05) is 12.0 Å². The second-order valence-corrected chi connectivity index (χ2v) is 19.0. The van der Waals surface area contributed by atoms with Gasteiger partial charge < -0.3 is 32.5 Å². The third-order valence-electron chi connectivity index (χ3n) is 7.72. The van der Waals surface area contributed by atoms with Crippen LogP contribution in [0.15, 0.2) is 0 Å². The lowest BCUT2D eigenvalue weighted by atomic mass is 9.84. The van der Waals surface area contributed by atoms with E-state index >= 15 is 0 Å². The van der Waals surface area contributed by atoms with Crippen molar-refractivity contribution in [2.45, 2.75) is 78.7 Å². The van der Waals surface area contributed by atoms with Crippen LogP contribution in [0.25, 0.3) is 0 Å². The monoisotopic (exact) mass is 548 g/mol. The van der Waals surface area contributed by atoms with Gasteiger partial charge in [-0.2, -0.15) is 0 Å². The van der Waals surface area contributed by atoms with Crippen molar-refractivity contribution in [1.29, 1.82) is 0 Å². The minimum atomic E-state index is -1.41. The predicted molar refractivity (Wildman–Crippen MR) is 146 cm³/mol. The molecule has 3 fully saturated rings. The Labute approximate surface area is 221 Å². The molecule has 3 heterocycles. The van der Waals surface area contributed by atoms with Gasteiger partial charge >= 0.3 is 6.16 Å². The van der Waals surface area contributed by atoms with E-state index in [2.05, 4.69) is 47.0 Å². The van der Waals surface area contributed by atoms with Gasteiger partial charge in [-0.05, 0) is 57.9 Å². The smallest absolute Gasteiger partial charge is 0.458 e. The quantitative estimate of drug-likeness (QED) is 0.160. The number of hydrogen-bond donors (Lipinski definition) is 0. The zero-order valence-corrected chi connectivity index (χ0v) is 26.1. The van der Waals surface area contributed by atoms with Crippen LogP contribution in [0.4, 0.5) is 4.79 Å². The summed E-state index contributed by atoms with van der Waals surface area (Å²) < 4.78 is 37.9. The van der Waals surface area contributed by atoms with E-state index < -0.39 is 23.5 Å². The molecule has 8 nitrogen and oxygen atoms in total. The fraction of sp³-hybridized carbons (Fsp3) is 0.962. The molecule has 0 aliphatic carbocycles. The molecule has 0 saturated carbocycles. The third-order valence-corrected chi connectivity index (χ3v) is 13.7. The molecule has 0 radical (unpaired) electrons. The molecule has 3 saturated heterocycles. The first kappa shape index (κ1) is 31.7. The van der Waals surface area contributed by atoms with E-state index in [-0.39, 0.29) is 10.8 Å². The summed E-state index contributed by atoms with van der Waals surface area (Å²) in [6.07, 6.45) is 3.63. The van der Waals surface area contributed by atoms with E-state index in [1.165, 1.54) is 6.04 Å². The van der Waals surface area contributed by atoms with Gasteiger partial charge in [0.2, 0.25) is 0 Å². The standard InChI is InChI=1S/C13H22O5.C13H30O3Si2/c1-3-12(5-15-6-12)9-17-11(14)18-10-13(4-2)7-16-8-13;1-6-13(11-15-12-13)10-14-8-7-9-18(4,5)16-17(2)3/h3-10H2,1-2H3;17H,6-12H2,1-5H3. The lowest BCUT2D eigenvalue weighted by Gasteiger charge is -2.41. The summed E-state index contributed by atoms with van der Waals surface area (Å²) in [5.41, 5.74) is 0.358. The lowest BCUT2D eigenvalue weighted by molar-refractivity contribution is -0.157. The summed E-state index contributed by atoms with van der Waals surface area (Å²) >= 11 is 0. The Kier molecular flexibility index (Phi) is 12.9. The number of ether oxygens (including phenoxy) is 6. The van der Waals surface area contributed by atoms with E-state index in [0.29, 0.717) is 45.1 Å². The van der Waals surface area contributed by atoms with Crippen molar-refractivity contribution in [1.82, 2.24) is 0 Å². The molecule has 36 heavy (non-hydrogen) atoms. The molecule has 212 valence electrons. The van der Waals surface area contributed by atoms with Gasteiger partial charge in [-0.15, -0.1) is 0 Å². The van der Waals surface area contributed by atoms with Crippen molar-refractivity contribution < 1.29 is 37.3 Å². The van der Waals surface area contributed by atoms with E-state index in [1.807, 2.05) is 0 Å². The zero-order chi connectivity index (χ0) is 26.7. The largest absolute Gasteiger partial charge is 0.508 e. The molecular weight excluding hydrogens is 496 g/mol. The van der Waals surface area contributed by atoms with E-state index in [1.54, 1.807) is 0 Å². The normalized spacial score (nSPS) is 21.3. The van der Waals surface area contributed by atoms with Crippen LogP contribution < -0.4 is 0 Å². The van der Waals surface area contributed by atoms with E-state index in [0.717, 1.165) is 52.1 Å². The zero-order valence-electron chi connectivity index (χ0n) is 23.9. The summed E-state index contributed by atoms with van der Waals surface area (Å²) in [4.78, 5) is 11.5. The minimum absolute atomic E-state index is 0.0149. The van der Waals surface area contributed by atoms with Crippen molar-refractivity contribution >= 4 is 23.5 Å². The summed E-state index contributed by atoms with van der Waals surface area (Å²) in [7, 11) is -2.29. The highest BCUT2D eigenvalue weighted by atomic mass is 28.4. The summed E-state index contributed by atoms with van der Waals surface area (Å²) in [6.45, 7) is 22.5. The van der Waals surface area contributed by atoms with Crippen LogP contribution in [0.2, 0.25) is 32.2 Å². The number of carbonyl (C=O) groups excluding carboxylic acids is 1. The topological polar surface area (TPSA) is 81.7 Å². The van der Waals surface area contributed by atoms with E-state index in [9.17, 15) is 4.79 Å². The van der Waals surface area contributed by atoms with Crippen molar-refractivity contribution in [3.05, 3.63) is 0 Å². The molecule has 0 atom stereocenters. The fourth-order valence-electron chi connectivity index (χ4n) is 4.39.